The molecular formula is C29H59BrCl2Si. The van der Waals surface area contributed by atoms with E-state index in [1.165, 1.54) is 172 Å². The van der Waals surface area contributed by atoms with Crippen LogP contribution in [0.5, 0.6) is 0 Å². The second kappa shape index (κ2) is 27.9. The third kappa shape index (κ3) is 33.3. The molecule has 200 valence electrons. The number of unbranched alkanes of at least 4 members (excludes halogenated alkanes) is 25. The number of rotatable bonds is 28. The molecule has 0 bridgehead atoms. The van der Waals surface area contributed by atoms with E-state index in [4.69, 9.17) is 22.2 Å². The molecular weight excluding hydrogens is 527 g/mol. The van der Waals surface area contributed by atoms with E-state index in [9.17, 15) is 0 Å². The molecule has 0 nitrogen and oxygen atoms in total. The number of hydrogen-bond donors (Lipinski definition) is 0. The van der Waals surface area contributed by atoms with Gasteiger partial charge in [-0.15, -0.1) is 22.2 Å². The fraction of sp³-hybridized carbons (Fsp3) is 1.00. The maximum Gasteiger partial charge on any atom is 0.248 e. The Morgan fingerprint density at radius 2 is 0.545 bits per heavy atom. The monoisotopic (exact) mass is 584 g/mol. The Morgan fingerprint density at radius 1 is 0.364 bits per heavy atom. The molecule has 0 aromatic carbocycles. The molecule has 0 saturated heterocycles. The first-order valence-electron chi connectivity index (χ1n) is 15.0. The van der Waals surface area contributed by atoms with E-state index in [0.29, 0.717) is 0 Å². The Balaban J connectivity index is 3.03. The van der Waals surface area contributed by atoms with E-state index in [0.717, 1.165) is 6.04 Å². The summed E-state index contributed by atoms with van der Waals surface area (Å²) in [5.74, 6) is 0. The molecule has 0 heterocycles. The summed E-state index contributed by atoms with van der Waals surface area (Å²) in [4.78, 5) is 0. The van der Waals surface area contributed by atoms with Crippen LogP contribution in [0.3, 0.4) is 0 Å². The second-order valence-corrected chi connectivity index (χ2v) is 19.7. The second-order valence-electron chi connectivity index (χ2n) is 10.7. The molecule has 0 spiro atoms. The highest BCUT2D eigenvalue weighted by atomic mass is 79.9. The van der Waals surface area contributed by atoms with Crippen LogP contribution in [0, 0.1) is 0 Å². The normalized spacial score (nSPS) is 12.0. The maximum absolute atomic E-state index is 6.15. The van der Waals surface area contributed by atoms with Gasteiger partial charge in [0.15, 0.2) is 0 Å². The van der Waals surface area contributed by atoms with Crippen LogP contribution < -0.4 is 0 Å². The van der Waals surface area contributed by atoms with Crippen molar-refractivity contribution in [1.29, 1.82) is 0 Å². The molecule has 0 radical (unpaired) electrons. The van der Waals surface area contributed by atoms with Crippen molar-refractivity contribution in [1.82, 2.24) is 0 Å². The average molecular weight is 587 g/mol. The van der Waals surface area contributed by atoms with Gasteiger partial charge in [0, 0.05) is 5.33 Å². The van der Waals surface area contributed by atoms with Crippen LogP contribution in [0.25, 0.3) is 0 Å². The minimum Gasteiger partial charge on any atom is -0.146 e. The van der Waals surface area contributed by atoms with Gasteiger partial charge in [0.25, 0.3) is 0 Å². The third-order valence-electron chi connectivity index (χ3n) is 7.00. The van der Waals surface area contributed by atoms with Crippen molar-refractivity contribution in [2.24, 2.45) is 0 Å². The molecule has 0 unspecified atom stereocenters. The van der Waals surface area contributed by atoms with Gasteiger partial charge in [0.2, 0.25) is 6.69 Å². The van der Waals surface area contributed by atoms with E-state index < -0.39 is 6.69 Å². The van der Waals surface area contributed by atoms with Crippen LogP contribution >= 0.6 is 38.1 Å². The maximum atomic E-state index is 6.15. The van der Waals surface area contributed by atoms with Crippen molar-refractivity contribution in [3.63, 3.8) is 0 Å². The summed E-state index contributed by atoms with van der Waals surface area (Å²) in [5.41, 5.74) is 0. The largest absolute Gasteiger partial charge is 0.248 e. The summed E-state index contributed by atoms with van der Waals surface area (Å²) in [7, 11) is 0. The zero-order chi connectivity index (χ0) is 24.3. The molecule has 0 aromatic rings. The SMILES string of the molecule is C[Si](Cl)(Cl)CCCCCCCCCCCCCCCCCCCCCCCCCCCCBr. The highest BCUT2D eigenvalue weighted by molar-refractivity contribution is 9.09. The fourth-order valence-corrected chi connectivity index (χ4v) is 6.84. The van der Waals surface area contributed by atoms with Crippen LogP contribution in [0.2, 0.25) is 12.6 Å². The summed E-state index contributed by atoms with van der Waals surface area (Å²) in [6.07, 6.45) is 37.4. The summed E-state index contributed by atoms with van der Waals surface area (Å²) in [6.45, 7) is 0.203. The van der Waals surface area contributed by atoms with E-state index in [2.05, 4.69) is 15.9 Å². The predicted octanol–water partition coefficient (Wildman–Crippen LogP) is 13.1. The van der Waals surface area contributed by atoms with Gasteiger partial charge in [-0.1, -0.05) is 176 Å². The van der Waals surface area contributed by atoms with Gasteiger partial charge in [-0.25, -0.2) is 0 Å². The minimum absolute atomic E-state index is 1.06. The lowest BCUT2D eigenvalue weighted by Gasteiger charge is -2.09. The molecule has 0 N–H and O–H groups in total. The van der Waals surface area contributed by atoms with Crippen molar-refractivity contribution in [2.45, 2.75) is 180 Å². The van der Waals surface area contributed by atoms with E-state index >= 15 is 0 Å². The average Bonchev–Trinajstić information content (AvgIpc) is 2.78. The molecule has 33 heavy (non-hydrogen) atoms. The Kier molecular flexibility index (Phi) is 28.9. The van der Waals surface area contributed by atoms with Crippen LogP contribution in [0.15, 0.2) is 0 Å². The van der Waals surface area contributed by atoms with Crippen LogP contribution in [-0.4, -0.2) is 12.0 Å². The van der Waals surface area contributed by atoms with Crippen molar-refractivity contribution < 1.29 is 0 Å². The van der Waals surface area contributed by atoms with Gasteiger partial charge in [-0.2, -0.15) is 0 Å². The molecule has 0 amide bonds. The lowest BCUT2D eigenvalue weighted by molar-refractivity contribution is 0.516. The van der Waals surface area contributed by atoms with Gasteiger partial charge in [0.05, 0.1) is 0 Å². The van der Waals surface area contributed by atoms with Crippen molar-refractivity contribution in [3.8, 4) is 0 Å². The van der Waals surface area contributed by atoms with E-state index in [1.807, 2.05) is 6.55 Å². The molecule has 0 aromatic heterocycles. The van der Waals surface area contributed by atoms with Gasteiger partial charge in [-0.05, 0) is 19.0 Å². The number of halogens is 3. The van der Waals surface area contributed by atoms with Crippen LogP contribution in [0.1, 0.15) is 167 Å². The lowest BCUT2D eigenvalue weighted by Crippen LogP contribution is -2.11. The van der Waals surface area contributed by atoms with Gasteiger partial charge in [0.1, 0.15) is 0 Å². The van der Waals surface area contributed by atoms with E-state index in [1.54, 1.807) is 0 Å². The standard InChI is InChI=1S/C29H59BrCl2Si/c1-33(31,32)29-27-25-23-21-19-17-15-13-11-9-7-5-3-2-4-6-8-10-12-14-16-18-20-22-24-26-28-30/h2-29H2,1H3. The molecule has 0 saturated carbocycles. The van der Waals surface area contributed by atoms with Crippen LogP contribution in [-0.2, 0) is 0 Å². The summed E-state index contributed by atoms with van der Waals surface area (Å²) >= 11 is 15.8. The lowest BCUT2D eigenvalue weighted by atomic mass is 10.0. The molecule has 0 atom stereocenters. The third-order valence-corrected chi connectivity index (χ3v) is 9.93. The zero-order valence-corrected chi connectivity index (χ0v) is 26.5. The highest BCUT2D eigenvalue weighted by Gasteiger charge is 2.19. The van der Waals surface area contributed by atoms with Gasteiger partial charge in [-0.3, -0.25) is 0 Å². The van der Waals surface area contributed by atoms with Crippen molar-refractivity contribution in [3.05, 3.63) is 0 Å². The quantitative estimate of drug-likeness (QED) is 0.0370. The van der Waals surface area contributed by atoms with Crippen molar-refractivity contribution >= 4 is 44.8 Å². The molecule has 4 heteroatoms. The summed E-state index contributed by atoms with van der Waals surface area (Å²) in [6, 6.07) is 1.06. The number of hydrogen-bond acceptors (Lipinski definition) is 0. The minimum atomic E-state index is -1.83. The van der Waals surface area contributed by atoms with Gasteiger partial charge >= 0.3 is 0 Å². The van der Waals surface area contributed by atoms with E-state index in [-0.39, 0.29) is 0 Å². The Morgan fingerprint density at radius 3 is 0.727 bits per heavy atom. The highest BCUT2D eigenvalue weighted by Crippen LogP contribution is 2.23. The fourth-order valence-electron chi connectivity index (χ4n) is 4.77. The zero-order valence-electron chi connectivity index (χ0n) is 22.4. The topological polar surface area (TPSA) is 0 Å². The molecule has 0 fully saturated rings. The molecule has 0 aliphatic heterocycles. The van der Waals surface area contributed by atoms with Gasteiger partial charge < -0.3 is 0 Å². The molecule has 0 aliphatic rings. The number of alkyl halides is 1. The smallest absolute Gasteiger partial charge is 0.146 e. The van der Waals surface area contributed by atoms with Crippen molar-refractivity contribution in [2.75, 3.05) is 5.33 Å². The Labute approximate surface area is 228 Å². The first-order valence-corrected chi connectivity index (χ1v) is 20.9. The summed E-state index contributed by atoms with van der Waals surface area (Å²) in [5, 5.41) is 1.18. The summed E-state index contributed by atoms with van der Waals surface area (Å²) < 4.78 is 0. The first-order chi connectivity index (χ1) is 16.1. The molecule has 0 rings (SSSR count). The predicted molar refractivity (Wildman–Crippen MR) is 162 cm³/mol. The first kappa shape index (κ1) is 34.3. The molecule has 0 aliphatic carbocycles. The van der Waals surface area contributed by atoms with Crippen LogP contribution in [0.4, 0.5) is 0 Å². The Hall–Kier alpha value is 1.28. The Bertz CT molecular complexity index is 360.